The number of hydrogen-bond donors (Lipinski definition) is 0. The van der Waals surface area contributed by atoms with Crippen molar-refractivity contribution in [2.24, 2.45) is 5.41 Å². The molecule has 0 amide bonds. The Balaban J connectivity index is 1.16. The molecule has 2 saturated carbocycles. The van der Waals surface area contributed by atoms with Gasteiger partial charge >= 0.3 is 0 Å². The predicted molar refractivity (Wildman–Crippen MR) is 122 cm³/mol. The highest BCUT2D eigenvalue weighted by Gasteiger charge is 2.55. The van der Waals surface area contributed by atoms with Crippen molar-refractivity contribution in [2.75, 3.05) is 18.0 Å². The number of fused-ring (bicyclic) bond motifs is 3. The van der Waals surface area contributed by atoms with Crippen LogP contribution >= 0.6 is 11.6 Å². The molecule has 2 aromatic heterocycles. The number of hydrogen-bond acceptors (Lipinski definition) is 7. The van der Waals surface area contributed by atoms with Gasteiger partial charge in [0.2, 0.25) is 5.95 Å². The van der Waals surface area contributed by atoms with Crippen LogP contribution in [0.1, 0.15) is 48.8 Å². The van der Waals surface area contributed by atoms with Crippen LogP contribution in [0, 0.1) is 22.6 Å². The third kappa shape index (κ3) is 2.98. The maximum Gasteiger partial charge on any atom is 0.225 e. The van der Waals surface area contributed by atoms with Crippen molar-refractivity contribution in [1.29, 1.82) is 5.26 Å². The second-order valence-electron chi connectivity index (χ2n) is 10.2. The first-order chi connectivity index (χ1) is 16.5. The fourth-order valence-corrected chi connectivity index (χ4v) is 6.21. The molecule has 0 atom stereocenters. The lowest BCUT2D eigenvalue weighted by atomic mass is 9.57. The van der Waals surface area contributed by atoms with Crippen LogP contribution in [0.3, 0.4) is 0 Å². The molecule has 1 saturated heterocycles. The molecule has 10 heteroatoms. The predicted octanol–water partition coefficient (Wildman–Crippen LogP) is 3.61. The monoisotopic (exact) mass is 476 g/mol. The van der Waals surface area contributed by atoms with E-state index in [1.54, 1.807) is 0 Å². The number of halogens is 2. The van der Waals surface area contributed by atoms with Gasteiger partial charge in [0.15, 0.2) is 11.6 Å². The minimum Gasteiger partial charge on any atom is -0.340 e. The molecule has 7 rings (SSSR count). The zero-order chi connectivity index (χ0) is 23.1. The molecule has 0 N–H and O–H groups in total. The first kappa shape index (κ1) is 20.3. The lowest BCUT2D eigenvalue weighted by Crippen LogP contribution is -2.62. The minimum atomic E-state index is -0.419. The number of aromatic nitrogens is 5. The van der Waals surface area contributed by atoms with Crippen LogP contribution in [0.15, 0.2) is 30.6 Å². The SMILES string of the molecule is N#CC1(N2Cc3cc(Cl)ccc3-n3c(nnc3C3CC4(C3)CN(c3ncc(F)cn3)C4)C2)CC1. The molecule has 0 radical (unpaired) electrons. The largest absolute Gasteiger partial charge is 0.340 e. The second kappa shape index (κ2) is 6.96. The summed E-state index contributed by atoms with van der Waals surface area (Å²) in [5.41, 5.74) is 1.99. The van der Waals surface area contributed by atoms with E-state index < -0.39 is 11.4 Å². The highest BCUT2D eigenvalue weighted by Crippen LogP contribution is 2.56. The topological polar surface area (TPSA) is 86.8 Å². The van der Waals surface area contributed by atoms with Gasteiger partial charge in [-0.05, 0) is 49.4 Å². The average Bonchev–Trinajstić information content (AvgIpc) is 3.51. The maximum atomic E-state index is 13.1. The number of nitriles is 1. The second-order valence-corrected chi connectivity index (χ2v) is 10.7. The Kier molecular flexibility index (Phi) is 4.16. The van der Waals surface area contributed by atoms with Crippen molar-refractivity contribution >= 4 is 17.5 Å². The van der Waals surface area contributed by atoms with Crippen LogP contribution in [0.2, 0.25) is 5.02 Å². The fourth-order valence-electron chi connectivity index (χ4n) is 6.01. The lowest BCUT2D eigenvalue weighted by molar-refractivity contribution is 0.0574. The Labute approximate surface area is 201 Å². The van der Waals surface area contributed by atoms with Crippen molar-refractivity contribution in [1.82, 2.24) is 29.6 Å². The van der Waals surface area contributed by atoms with Gasteiger partial charge in [-0.2, -0.15) is 5.26 Å². The summed E-state index contributed by atoms with van der Waals surface area (Å²) in [6.07, 6.45) is 6.26. The van der Waals surface area contributed by atoms with E-state index >= 15 is 0 Å². The van der Waals surface area contributed by atoms with Gasteiger partial charge in [0.1, 0.15) is 11.4 Å². The zero-order valence-electron chi connectivity index (χ0n) is 18.5. The first-order valence-electron chi connectivity index (χ1n) is 11.6. The van der Waals surface area contributed by atoms with E-state index in [-0.39, 0.29) is 5.41 Å². The number of benzene rings is 1. The van der Waals surface area contributed by atoms with Crippen LogP contribution in [-0.4, -0.2) is 48.3 Å². The number of rotatable bonds is 3. The van der Waals surface area contributed by atoms with E-state index in [0.717, 1.165) is 61.7 Å². The van der Waals surface area contributed by atoms with Crippen LogP contribution in [0.5, 0.6) is 0 Å². The molecule has 2 aliphatic carbocycles. The van der Waals surface area contributed by atoms with Gasteiger partial charge in [-0.25, -0.2) is 14.4 Å². The van der Waals surface area contributed by atoms with E-state index in [1.807, 2.05) is 12.1 Å². The van der Waals surface area contributed by atoms with Crippen molar-refractivity contribution in [2.45, 2.75) is 50.2 Å². The fraction of sp³-hybridized carbons (Fsp3) is 0.458. The van der Waals surface area contributed by atoms with Gasteiger partial charge in [-0.1, -0.05) is 11.6 Å². The van der Waals surface area contributed by atoms with Crippen LogP contribution in [-0.2, 0) is 13.1 Å². The third-order valence-electron chi connectivity index (χ3n) is 7.93. The highest BCUT2D eigenvalue weighted by atomic mass is 35.5. The first-order valence-corrected chi connectivity index (χ1v) is 12.0. The molecule has 3 fully saturated rings. The average molecular weight is 477 g/mol. The van der Waals surface area contributed by atoms with Gasteiger partial charge < -0.3 is 4.90 Å². The Hall–Kier alpha value is -3.09. The van der Waals surface area contributed by atoms with E-state index in [2.05, 4.69) is 46.7 Å². The van der Waals surface area contributed by atoms with E-state index in [0.29, 0.717) is 30.0 Å². The summed E-state index contributed by atoms with van der Waals surface area (Å²) in [7, 11) is 0. The van der Waals surface area contributed by atoms with E-state index in [1.165, 1.54) is 12.4 Å². The van der Waals surface area contributed by atoms with Crippen LogP contribution in [0.4, 0.5) is 10.3 Å². The summed E-state index contributed by atoms with van der Waals surface area (Å²) in [5.74, 6) is 2.36. The Morgan fingerprint density at radius 3 is 2.56 bits per heavy atom. The van der Waals surface area contributed by atoms with Crippen molar-refractivity contribution in [3.8, 4) is 11.8 Å². The summed E-state index contributed by atoms with van der Waals surface area (Å²) in [5, 5.41) is 19.7. The number of anilines is 1. The Bertz CT molecular complexity index is 1330. The summed E-state index contributed by atoms with van der Waals surface area (Å²) in [6, 6.07) is 8.49. The molecule has 34 heavy (non-hydrogen) atoms. The van der Waals surface area contributed by atoms with Crippen molar-refractivity contribution in [3.63, 3.8) is 0 Å². The molecule has 172 valence electrons. The van der Waals surface area contributed by atoms with Gasteiger partial charge in [-0.15, -0.1) is 10.2 Å². The molecular weight excluding hydrogens is 455 g/mol. The third-order valence-corrected chi connectivity index (χ3v) is 8.17. The summed E-state index contributed by atoms with van der Waals surface area (Å²) in [4.78, 5) is 12.5. The molecule has 1 spiro atoms. The van der Waals surface area contributed by atoms with Gasteiger partial charge in [0.25, 0.3) is 0 Å². The van der Waals surface area contributed by atoms with Crippen LogP contribution in [0.25, 0.3) is 5.69 Å². The molecular formula is C24H22ClFN8. The number of nitrogens with zero attached hydrogens (tertiary/aromatic N) is 8. The summed E-state index contributed by atoms with van der Waals surface area (Å²) in [6.45, 7) is 3.02. The molecule has 2 aliphatic heterocycles. The molecule has 4 heterocycles. The standard InChI is InChI=1S/C24H22ClFN8/c25-17-1-2-19-15(5-17)10-33(24(12-27)3-4-24)11-20-30-31-21(34(19)20)16-6-23(7-16)13-32(14-23)22-28-8-18(26)9-29-22/h1-2,5,8-9,16H,3-4,6-7,10-11,13-14H2. The molecule has 4 aliphatic rings. The highest BCUT2D eigenvalue weighted by molar-refractivity contribution is 6.30. The van der Waals surface area contributed by atoms with Crippen molar-refractivity contribution in [3.05, 3.63) is 58.6 Å². The molecule has 1 aromatic carbocycles. The van der Waals surface area contributed by atoms with E-state index in [9.17, 15) is 9.65 Å². The lowest BCUT2D eigenvalue weighted by Gasteiger charge is -2.58. The quantitative estimate of drug-likeness (QED) is 0.570. The smallest absolute Gasteiger partial charge is 0.225 e. The Morgan fingerprint density at radius 2 is 1.85 bits per heavy atom. The van der Waals surface area contributed by atoms with Crippen molar-refractivity contribution < 1.29 is 4.39 Å². The van der Waals surface area contributed by atoms with Crippen LogP contribution < -0.4 is 4.90 Å². The molecule has 0 unspecified atom stereocenters. The molecule has 8 nitrogen and oxygen atoms in total. The minimum absolute atomic E-state index is 0.229. The van der Waals surface area contributed by atoms with Gasteiger partial charge in [0.05, 0.1) is 30.7 Å². The zero-order valence-corrected chi connectivity index (χ0v) is 19.2. The summed E-state index contributed by atoms with van der Waals surface area (Å²) >= 11 is 6.36. The molecule has 0 bridgehead atoms. The maximum absolute atomic E-state index is 13.1. The Morgan fingerprint density at radius 1 is 1.09 bits per heavy atom. The summed E-state index contributed by atoms with van der Waals surface area (Å²) < 4.78 is 15.3. The van der Waals surface area contributed by atoms with Gasteiger partial charge in [-0.3, -0.25) is 9.47 Å². The molecule has 3 aromatic rings. The van der Waals surface area contributed by atoms with E-state index in [4.69, 9.17) is 11.6 Å². The normalized spacial score (nSPS) is 22.2. The van der Waals surface area contributed by atoms with Gasteiger partial charge in [0, 0.05) is 36.0 Å².